The number of rotatable bonds is 6. The van der Waals surface area contributed by atoms with E-state index in [1.54, 1.807) is 19.1 Å². The monoisotopic (exact) mass is 340 g/mol. The van der Waals surface area contributed by atoms with Gasteiger partial charge in [0.25, 0.3) is 0 Å². The van der Waals surface area contributed by atoms with Crippen molar-refractivity contribution in [1.82, 2.24) is 0 Å². The van der Waals surface area contributed by atoms with Gasteiger partial charge >= 0.3 is 0 Å². The van der Waals surface area contributed by atoms with Crippen LogP contribution in [0.15, 0.2) is 18.2 Å². The summed E-state index contributed by atoms with van der Waals surface area (Å²) in [5, 5.41) is 8.88. The van der Waals surface area contributed by atoms with Crippen LogP contribution in [-0.2, 0) is 33.7 Å². The molecule has 0 spiro atoms. The molecule has 0 aliphatic carbocycles. The van der Waals surface area contributed by atoms with Crippen LogP contribution < -0.4 is 4.74 Å². The smallest absolute Gasteiger partial charge is 0.165 e. The van der Waals surface area contributed by atoms with Crippen molar-refractivity contribution in [2.24, 2.45) is 0 Å². The zero-order valence-electron chi connectivity index (χ0n) is 10.1. The fourth-order valence-electron chi connectivity index (χ4n) is 1.40. The molecule has 0 bridgehead atoms. The van der Waals surface area contributed by atoms with Gasteiger partial charge in [0.1, 0.15) is 6.10 Å². The minimum absolute atomic E-state index is 0. The summed E-state index contributed by atoms with van der Waals surface area (Å²) in [4.78, 5) is 0. The van der Waals surface area contributed by atoms with E-state index in [9.17, 15) is 4.39 Å². The number of hydrogen-bond donors (Lipinski definition) is 1. The van der Waals surface area contributed by atoms with E-state index in [0.29, 0.717) is 19.4 Å². The molecule has 1 aromatic rings. The minimum atomic E-state index is -0.424. The Hall–Kier alpha value is -0.208. The molecule has 0 radical (unpaired) electrons. The van der Waals surface area contributed by atoms with Gasteiger partial charge in [-0.1, -0.05) is 18.6 Å². The number of halogens is 1. The van der Waals surface area contributed by atoms with Gasteiger partial charge in [0, 0.05) is 27.3 Å². The molecular formula is C12H17CdFNO2-. The predicted octanol–water partition coefficient (Wildman–Crippen LogP) is 2.57. The van der Waals surface area contributed by atoms with Crippen LogP contribution in [-0.4, -0.2) is 24.4 Å². The van der Waals surface area contributed by atoms with Crippen LogP contribution in [0.3, 0.4) is 0 Å². The first kappa shape index (κ1) is 16.8. The molecule has 92 valence electrons. The van der Waals surface area contributed by atoms with E-state index in [1.807, 2.05) is 0 Å². The molecular weight excluding hydrogens is 322 g/mol. The number of aliphatic hydroxyl groups excluding tert-OH is 1. The standard InChI is InChI=1S/C12H17FNO2.Cd/c1-9(8-15)16-12-10(5-3-7-14)4-2-6-11(12)13;/h2,4,6,9,14-15H,3,5,7-8H2,1H3;/q-1;. The molecule has 0 amide bonds. The maximum atomic E-state index is 13.5. The van der Waals surface area contributed by atoms with E-state index >= 15 is 0 Å². The second-order valence-electron chi connectivity index (χ2n) is 3.69. The summed E-state index contributed by atoms with van der Waals surface area (Å²) in [5.74, 6) is -0.208. The largest absolute Gasteiger partial charge is 0.677 e. The van der Waals surface area contributed by atoms with Gasteiger partial charge in [0.15, 0.2) is 11.6 Å². The third-order valence-electron chi connectivity index (χ3n) is 2.25. The Bertz CT molecular complexity index is 336. The summed E-state index contributed by atoms with van der Waals surface area (Å²) >= 11 is 0. The van der Waals surface area contributed by atoms with Crippen molar-refractivity contribution in [3.8, 4) is 5.75 Å². The fraction of sp³-hybridized carbons (Fsp3) is 0.500. The zero-order chi connectivity index (χ0) is 12.0. The summed E-state index contributed by atoms with van der Waals surface area (Å²) in [6.07, 6.45) is 0.869. The van der Waals surface area contributed by atoms with Crippen LogP contribution in [0.1, 0.15) is 18.9 Å². The van der Waals surface area contributed by atoms with Crippen LogP contribution in [0, 0.1) is 5.82 Å². The van der Waals surface area contributed by atoms with Gasteiger partial charge in [-0.25, -0.2) is 4.39 Å². The number of benzene rings is 1. The van der Waals surface area contributed by atoms with E-state index < -0.39 is 11.9 Å². The topological polar surface area (TPSA) is 53.3 Å². The first-order chi connectivity index (χ1) is 7.69. The van der Waals surface area contributed by atoms with Crippen molar-refractivity contribution in [3.05, 3.63) is 35.3 Å². The molecule has 1 aromatic carbocycles. The Balaban J connectivity index is 0.00000256. The van der Waals surface area contributed by atoms with E-state index in [2.05, 4.69) is 0 Å². The van der Waals surface area contributed by atoms with Crippen LogP contribution >= 0.6 is 0 Å². The molecule has 0 aliphatic heterocycles. The number of nitrogens with one attached hydrogen (secondary N) is 1. The second-order valence-corrected chi connectivity index (χ2v) is 3.69. The van der Waals surface area contributed by atoms with Crippen molar-refractivity contribution in [3.63, 3.8) is 0 Å². The van der Waals surface area contributed by atoms with Gasteiger partial charge in [-0.2, -0.15) is 6.54 Å². The third-order valence-corrected chi connectivity index (χ3v) is 2.25. The quantitative estimate of drug-likeness (QED) is 0.811. The van der Waals surface area contributed by atoms with Crippen LogP contribution in [0.5, 0.6) is 5.75 Å². The van der Waals surface area contributed by atoms with Crippen molar-refractivity contribution >= 4 is 0 Å². The summed E-state index contributed by atoms with van der Waals surface area (Å²) < 4.78 is 18.9. The fourth-order valence-corrected chi connectivity index (χ4v) is 1.40. The molecule has 5 heteroatoms. The maximum absolute atomic E-state index is 13.5. The molecule has 0 aliphatic rings. The summed E-state index contributed by atoms with van der Waals surface area (Å²) in [6.45, 7) is 1.85. The molecule has 0 aromatic heterocycles. The van der Waals surface area contributed by atoms with Crippen molar-refractivity contribution in [2.45, 2.75) is 25.9 Å². The second kappa shape index (κ2) is 8.82. The van der Waals surface area contributed by atoms with Crippen LogP contribution in [0.25, 0.3) is 5.73 Å². The Kier molecular flexibility index (Phi) is 8.71. The Morgan fingerprint density at radius 3 is 2.76 bits per heavy atom. The first-order valence-corrected chi connectivity index (χ1v) is 5.38. The zero-order valence-corrected chi connectivity index (χ0v) is 14.1. The Labute approximate surface area is 121 Å². The Morgan fingerprint density at radius 1 is 1.47 bits per heavy atom. The molecule has 17 heavy (non-hydrogen) atoms. The number of aliphatic hydroxyl groups is 1. The average molecular weight is 339 g/mol. The minimum Gasteiger partial charge on any atom is -0.677 e. The molecule has 1 rings (SSSR count). The molecule has 1 unspecified atom stereocenters. The van der Waals surface area contributed by atoms with Crippen molar-refractivity contribution < 1.29 is 41.5 Å². The van der Waals surface area contributed by atoms with Gasteiger partial charge in [-0.05, 0) is 25.0 Å². The van der Waals surface area contributed by atoms with Crippen molar-refractivity contribution in [2.75, 3.05) is 13.2 Å². The van der Waals surface area contributed by atoms with E-state index in [-0.39, 0.29) is 39.7 Å². The maximum Gasteiger partial charge on any atom is 0.165 e. The van der Waals surface area contributed by atoms with Crippen molar-refractivity contribution in [1.29, 1.82) is 0 Å². The normalized spacial score (nSPS) is 11.8. The number of aryl methyl sites for hydroxylation is 1. The predicted molar refractivity (Wildman–Crippen MR) is 61.1 cm³/mol. The number of ether oxygens (including phenoxy) is 1. The summed E-state index contributed by atoms with van der Waals surface area (Å²) in [6, 6.07) is 4.76. The molecule has 0 saturated heterocycles. The van der Waals surface area contributed by atoms with E-state index in [4.69, 9.17) is 15.6 Å². The van der Waals surface area contributed by atoms with Gasteiger partial charge < -0.3 is 15.6 Å². The number of para-hydroxylation sites is 1. The number of hydrogen-bond acceptors (Lipinski definition) is 2. The molecule has 2 N–H and O–H groups in total. The van der Waals surface area contributed by atoms with Gasteiger partial charge in [-0.15, -0.1) is 0 Å². The van der Waals surface area contributed by atoms with E-state index in [0.717, 1.165) is 5.56 Å². The Morgan fingerprint density at radius 2 is 2.18 bits per heavy atom. The van der Waals surface area contributed by atoms with Gasteiger partial charge in [0.2, 0.25) is 0 Å². The molecule has 3 nitrogen and oxygen atoms in total. The van der Waals surface area contributed by atoms with E-state index in [1.165, 1.54) is 6.07 Å². The molecule has 0 fully saturated rings. The van der Waals surface area contributed by atoms with Gasteiger partial charge in [-0.3, -0.25) is 0 Å². The molecule has 0 saturated carbocycles. The third kappa shape index (κ3) is 5.31. The van der Waals surface area contributed by atoms with Crippen LogP contribution in [0.2, 0.25) is 0 Å². The molecule has 1 atom stereocenters. The molecule has 0 heterocycles. The first-order valence-electron chi connectivity index (χ1n) is 5.38. The van der Waals surface area contributed by atoms with Gasteiger partial charge in [0.05, 0.1) is 6.61 Å². The summed E-state index contributed by atoms with van der Waals surface area (Å²) in [7, 11) is 0. The SMILES string of the molecule is CC(CO)Oc1c(F)cccc1CCC[NH-].[Cd]. The van der Waals surface area contributed by atoms with Crippen LogP contribution in [0.4, 0.5) is 4.39 Å². The average Bonchev–Trinajstić information content (AvgIpc) is 2.29. The summed E-state index contributed by atoms with van der Waals surface area (Å²) in [5.41, 5.74) is 7.84.